The van der Waals surface area contributed by atoms with Gasteiger partial charge in [-0.05, 0) is 37.1 Å². The summed E-state index contributed by atoms with van der Waals surface area (Å²) in [4.78, 5) is 22.0. The van der Waals surface area contributed by atoms with Crippen LogP contribution < -0.4 is 10.1 Å². The Morgan fingerprint density at radius 3 is 2.97 bits per heavy atom. The summed E-state index contributed by atoms with van der Waals surface area (Å²) in [5.74, 6) is 0.552. The summed E-state index contributed by atoms with van der Waals surface area (Å²) in [5, 5.41) is 7.68. The van der Waals surface area contributed by atoms with Crippen LogP contribution in [0.15, 0.2) is 36.0 Å². The fourth-order valence-electron chi connectivity index (χ4n) is 4.25. The van der Waals surface area contributed by atoms with E-state index in [2.05, 4.69) is 26.4 Å². The number of halogens is 1. The molecule has 3 aromatic heterocycles. The minimum absolute atomic E-state index is 0.0348. The minimum atomic E-state index is -1.61. The lowest BCUT2D eigenvalue weighted by molar-refractivity contribution is -0.132. The van der Waals surface area contributed by atoms with Gasteiger partial charge in [0.15, 0.2) is 0 Å². The van der Waals surface area contributed by atoms with E-state index in [1.165, 1.54) is 18.7 Å². The van der Waals surface area contributed by atoms with Gasteiger partial charge in [-0.3, -0.25) is 4.79 Å². The van der Waals surface area contributed by atoms with Gasteiger partial charge in [0.25, 0.3) is 0 Å². The van der Waals surface area contributed by atoms with Crippen LogP contribution in [0.25, 0.3) is 26.9 Å². The number of thiazole rings is 1. The number of anilines is 1. The van der Waals surface area contributed by atoms with Crippen molar-refractivity contribution in [1.29, 1.82) is 0 Å². The molecule has 0 aliphatic carbocycles. The molecule has 4 aromatic rings. The van der Waals surface area contributed by atoms with Crippen molar-refractivity contribution >= 4 is 38.9 Å². The van der Waals surface area contributed by atoms with E-state index in [-0.39, 0.29) is 18.4 Å². The van der Waals surface area contributed by atoms with E-state index in [0.717, 1.165) is 26.9 Å². The zero-order chi connectivity index (χ0) is 22.5. The van der Waals surface area contributed by atoms with Gasteiger partial charge in [0.2, 0.25) is 17.7 Å². The standard InChI is InChI=1S/C22H23FN6O2S/c1-13(30)28-8-7-18(22(2,23)11-28)25-21-26-20(31-3)19-15(6-9-29(19)27-21)14-4-5-16-17(10-14)32-12-24-16/h4-6,9-10,12,18H,7-8,11H2,1-3H3,(H,25,27)/t18-,22?/m1/s1. The SMILES string of the molecule is COc1nc(N[C@@H]2CCN(C(C)=O)CC2(C)F)nn2ccc(-c3ccc4ncsc4c3)c12. The largest absolute Gasteiger partial charge is 0.479 e. The average Bonchev–Trinajstić information content (AvgIpc) is 3.40. The Hall–Kier alpha value is -3.27. The highest BCUT2D eigenvalue weighted by Crippen LogP contribution is 2.34. The molecule has 1 N–H and O–H groups in total. The highest BCUT2D eigenvalue weighted by molar-refractivity contribution is 7.16. The molecule has 166 valence electrons. The Bertz CT molecular complexity index is 1320. The zero-order valence-corrected chi connectivity index (χ0v) is 18.8. The molecule has 1 fully saturated rings. The summed E-state index contributed by atoms with van der Waals surface area (Å²) in [6.07, 6.45) is 2.30. The second-order valence-corrected chi connectivity index (χ2v) is 9.09. The van der Waals surface area contributed by atoms with Crippen LogP contribution in [0.3, 0.4) is 0 Å². The molecule has 1 aliphatic rings. The normalized spacial score (nSPS) is 21.2. The lowest BCUT2D eigenvalue weighted by atomic mass is 9.91. The number of aromatic nitrogens is 4. The van der Waals surface area contributed by atoms with Crippen LogP contribution in [0.4, 0.5) is 10.3 Å². The summed E-state index contributed by atoms with van der Waals surface area (Å²) in [6.45, 7) is 3.48. The third-order valence-corrected chi connectivity index (χ3v) is 6.77. The zero-order valence-electron chi connectivity index (χ0n) is 18.0. The summed E-state index contributed by atoms with van der Waals surface area (Å²) < 4.78 is 23.7. The molecule has 2 atom stereocenters. The van der Waals surface area contributed by atoms with E-state index in [4.69, 9.17) is 4.74 Å². The molecule has 32 heavy (non-hydrogen) atoms. The number of nitrogens with zero attached hydrogens (tertiary/aromatic N) is 5. The number of benzene rings is 1. The number of ether oxygens (including phenoxy) is 1. The van der Waals surface area contributed by atoms with Gasteiger partial charge >= 0.3 is 0 Å². The minimum Gasteiger partial charge on any atom is -0.479 e. The molecule has 1 aliphatic heterocycles. The molecule has 8 nitrogen and oxygen atoms in total. The number of likely N-dealkylation sites (tertiary alicyclic amines) is 1. The molecule has 0 spiro atoms. The fraction of sp³-hybridized carbons (Fsp3) is 0.364. The van der Waals surface area contributed by atoms with E-state index < -0.39 is 11.7 Å². The number of alkyl halides is 1. The number of carbonyl (C=O) groups excluding carboxylic acids is 1. The maximum Gasteiger partial charge on any atom is 0.244 e. The van der Waals surface area contributed by atoms with Gasteiger partial charge in [-0.2, -0.15) is 4.98 Å². The Morgan fingerprint density at radius 2 is 2.22 bits per heavy atom. The van der Waals surface area contributed by atoms with Gasteiger partial charge in [-0.1, -0.05) is 6.07 Å². The fourth-order valence-corrected chi connectivity index (χ4v) is 4.96. The van der Waals surface area contributed by atoms with Crippen LogP contribution in [-0.2, 0) is 4.79 Å². The van der Waals surface area contributed by atoms with Crippen molar-refractivity contribution in [2.24, 2.45) is 0 Å². The van der Waals surface area contributed by atoms with Crippen molar-refractivity contribution in [1.82, 2.24) is 24.5 Å². The predicted octanol–water partition coefficient (Wildman–Crippen LogP) is 3.78. The highest BCUT2D eigenvalue weighted by Gasteiger charge is 2.41. The third kappa shape index (κ3) is 3.54. The summed E-state index contributed by atoms with van der Waals surface area (Å²) in [5.41, 5.74) is 3.86. The summed E-state index contributed by atoms with van der Waals surface area (Å²) in [7, 11) is 1.56. The maximum atomic E-state index is 15.3. The Labute approximate surface area is 188 Å². The second-order valence-electron chi connectivity index (χ2n) is 8.21. The van der Waals surface area contributed by atoms with Gasteiger partial charge < -0.3 is 15.0 Å². The number of piperidine rings is 1. The van der Waals surface area contributed by atoms with Crippen LogP contribution in [-0.4, -0.2) is 62.3 Å². The number of nitrogens with one attached hydrogen (secondary N) is 1. The number of methoxy groups -OCH3 is 1. The quantitative estimate of drug-likeness (QED) is 0.505. The lowest BCUT2D eigenvalue weighted by Crippen LogP contribution is -2.56. The third-order valence-electron chi connectivity index (χ3n) is 5.98. The van der Waals surface area contributed by atoms with Crippen molar-refractivity contribution in [2.45, 2.75) is 32.0 Å². The second kappa shape index (κ2) is 7.70. The first-order chi connectivity index (χ1) is 15.4. The monoisotopic (exact) mass is 454 g/mol. The number of carbonyl (C=O) groups is 1. The topological polar surface area (TPSA) is 84.6 Å². The molecule has 1 saturated heterocycles. The summed E-state index contributed by atoms with van der Waals surface area (Å²) >= 11 is 1.59. The number of fused-ring (bicyclic) bond motifs is 2. The van der Waals surface area contributed by atoms with Crippen LogP contribution in [0, 0.1) is 0 Å². The summed E-state index contributed by atoms with van der Waals surface area (Å²) in [6, 6.07) is 7.53. The van der Waals surface area contributed by atoms with Gasteiger partial charge in [0, 0.05) is 25.2 Å². The van der Waals surface area contributed by atoms with E-state index in [9.17, 15) is 4.79 Å². The highest BCUT2D eigenvalue weighted by atomic mass is 32.1. The average molecular weight is 455 g/mol. The van der Waals surface area contributed by atoms with E-state index in [1.54, 1.807) is 23.0 Å². The maximum absolute atomic E-state index is 15.3. The van der Waals surface area contributed by atoms with E-state index in [0.29, 0.717) is 18.8 Å². The van der Waals surface area contributed by atoms with Crippen molar-refractivity contribution < 1.29 is 13.9 Å². The molecule has 10 heteroatoms. The Balaban J connectivity index is 1.48. The van der Waals surface area contributed by atoms with Gasteiger partial charge in [0.1, 0.15) is 11.2 Å². The van der Waals surface area contributed by atoms with Crippen LogP contribution in [0.2, 0.25) is 0 Å². The number of amides is 1. The van der Waals surface area contributed by atoms with Gasteiger partial charge in [0.05, 0.1) is 35.4 Å². The molecular formula is C22H23FN6O2S. The molecule has 4 heterocycles. The molecule has 0 bridgehead atoms. The Kier molecular flexibility index (Phi) is 4.96. The molecule has 1 unspecified atom stereocenters. The molecule has 0 radical (unpaired) electrons. The predicted molar refractivity (Wildman–Crippen MR) is 122 cm³/mol. The number of hydrogen-bond donors (Lipinski definition) is 1. The first-order valence-electron chi connectivity index (χ1n) is 10.3. The van der Waals surface area contributed by atoms with Crippen molar-refractivity contribution in [3.8, 4) is 17.0 Å². The smallest absolute Gasteiger partial charge is 0.244 e. The van der Waals surface area contributed by atoms with Crippen molar-refractivity contribution in [3.05, 3.63) is 36.0 Å². The first kappa shape index (κ1) is 20.6. The Morgan fingerprint density at radius 1 is 1.38 bits per heavy atom. The molecule has 5 rings (SSSR count). The molecule has 1 aromatic carbocycles. The lowest BCUT2D eigenvalue weighted by Gasteiger charge is -2.41. The number of rotatable bonds is 4. The van der Waals surface area contributed by atoms with E-state index in [1.807, 2.05) is 29.9 Å². The molecule has 1 amide bonds. The number of hydrogen-bond acceptors (Lipinski definition) is 7. The van der Waals surface area contributed by atoms with Crippen molar-refractivity contribution in [3.63, 3.8) is 0 Å². The van der Waals surface area contributed by atoms with Gasteiger partial charge in [-0.25, -0.2) is 13.9 Å². The van der Waals surface area contributed by atoms with Gasteiger partial charge in [-0.15, -0.1) is 16.4 Å². The van der Waals surface area contributed by atoms with Crippen LogP contribution in [0.5, 0.6) is 5.88 Å². The first-order valence-corrected chi connectivity index (χ1v) is 11.2. The van der Waals surface area contributed by atoms with Crippen LogP contribution in [0.1, 0.15) is 20.3 Å². The molecule has 0 saturated carbocycles. The molecular weight excluding hydrogens is 431 g/mol. The van der Waals surface area contributed by atoms with E-state index >= 15 is 4.39 Å². The van der Waals surface area contributed by atoms with Crippen molar-refractivity contribution in [2.75, 3.05) is 25.5 Å². The van der Waals surface area contributed by atoms with Crippen LogP contribution >= 0.6 is 11.3 Å².